The third kappa shape index (κ3) is 4.39. The van der Waals surface area contributed by atoms with Crippen LogP contribution in [0.5, 0.6) is 5.75 Å². The van der Waals surface area contributed by atoms with Gasteiger partial charge in [-0.05, 0) is 24.3 Å². The largest absolute Gasteiger partial charge is 0.496 e. The van der Waals surface area contributed by atoms with E-state index < -0.39 is 30.8 Å². The van der Waals surface area contributed by atoms with Gasteiger partial charge in [-0.1, -0.05) is 11.6 Å². The van der Waals surface area contributed by atoms with Gasteiger partial charge in [-0.25, -0.2) is 18.3 Å². The van der Waals surface area contributed by atoms with E-state index in [2.05, 4.69) is 20.5 Å². The molecule has 0 spiro atoms. The van der Waals surface area contributed by atoms with E-state index in [1.807, 2.05) is 0 Å². The number of nitrogens with one attached hydrogen (secondary N) is 1. The van der Waals surface area contributed by atoms with Crippen molar-refractivity contribution in [1.82, 2.24) is 29.3 Å². The van der Waals surface area contributed by atoms with Crippen LogP contribution < -0.4 is 10.1 Å². The van der Waals surface area contributed by atoms with E-state index in [0.29, 0.717) is 22.0 Å². The maximum absolute atomic E-state index is 13.2. The SMILES string of the molecule is COc1ccc(Cl)cc1-c1nn(CC(=O)N2CC(F)(F)C2)cc1NC(=O)c1cnn2cccnc12. The number of benzene rings is 1. The normalized spacial score (nSPS) is 14.6. The summed E-state index contributed by atoms with van der Waals surface area (Å²) < 4.78 is 34.5. The zero-order valence-corrected chi connectivity index (χ0v) is 19.0. The number of carbonyl (C=O) groups excluding carboxylic acids is 2. The number of nitrogens with zero attached hydrogens (tertiary/aromatic N) is 6. The van der Waals surface area contributed by atoms with Crippen molar-refractivity contribution in [1.29, 1.82) is 0 Å². The minimum Gasteiger partial charge on any atom is -0.496 e. The fourth-order valence-electron chi connectivity index (χ4n) is 3.76. The Hall–Kier alpha value is -4.06. The molecule has 10 nitrogen and oxygen atoms in total. The summed E-state index contributed by atoms with van der Waals surface area (Å²) in [6, 6.07) is 6.57. The fraction of sp³-hybridized carbons (Fsp3) is 0.227. The van der Waals surface area contributed by atoms with Crippen molar-refractivity contribution < 1.29 is 23.1 Å². The summed E-state index contributed by atoms with van der Waals surface area (Å²) in [7, 11) is 1.47. The fourth-order valence-corrected chi connectivity index (χ4v) is 3.93. The number of alkyl halides is 2. The van der Waals surface area contributed by atoms with E-state index >= 15 is 0 Å². The Morgan fingerprint density at radius 2 is 2.09 bits per heavy atom. The van der Waals surface area contributed by atoms with E-state index in [1.165, 1.54) is 28.7 Å². The zero-order valence-electron chi connectivity index (χ0n) is 18.3. The van der Waals surface area contributed by atoms with Crippen molar-refractivity contribution in [3.05, 3.63) is 59.6 Å². The molecule has 1 N–H and O–H groups in total. The Bertz CT molecular complexity index is 1440. The molecule has 0 radical (unpaired) electrons. The van der Waals surface area contributed by atoms with E-state index in [-0.39, 0.29) is 23.5 Å². The lowest BCUT2D eigenvalue weighted by Gasteiger charge is -2.38. The highest BCUT2D eigenvalue weighted by molar-refractivity contribution is 6.31. The highest BCUT2D eigenvalue weighted by Gasteiger charge is 2.46. The lowest BCUT2D eigenvalue weighted by atomic mass is 10.1. The third-order valence-electron chi connectivity index (χ3n) is 5.44. The number of amides is 2. The van der Waals surface area contributed by atoms with Gasteiger partial charge in [0.15, 0.2) is 5.65 Å². The van der Waals surface area contributed by atoms with Crippen LogP contribution in [0.15, 0.2) is 49.1 Å². The highest BCUT2D eigenvalue weighted by Crippen LogP contribution is 2.36. The van der Waals surface area contributed by atoms with Gasteiger partial charge in [-0.2, -0.15) is 10.2 Å². The Balaban J connectivity index is 1.49. The molecule has 180 valence electrons. The van der Waals surface area contributed by atoms with E-state index in [0.717, 1.165) is 4.90 Å². The number of likely N-dealkylation sites (tertiary alicyclic amines) is 1. The van der Waals surface area contributed by atoms with Crippen molar-refractivity contribution in [2.24, 2.45) is 0 Å². The van der Waals surface area contributed by atoms with Crippen molar-refractivity contribution in [2.45, 2.75) is 12.5 Å². The third-order valence-corrected chi connectivity index (χ3v) is 5.68. The number of anilines is 1. The van der Waals surface area contributed by atoms with Crippen LogP contribution in [-0.2, 0) is 11.3 Å². The summed E-state index contributed by atoms with van der Waals surface area (Å²) >= 11 is 6.19. The molecule has 0 bridgehead atoms. The standard InChI is InChI=1S/C22H18ClF2N7O3/c1-35-17-4-3-13(23)7-14(17)19-16(9-31(29-19)10-18(33)30-11-22(24,25)12-30)28-21(34)15-8-27-32-6-2-5-26-20(15)32/h2-9H,10-12H2,1H3,(H,28,34). The molecule has 5 rings (SSSR count). The number of rotatable bonds is 6. The van der Waals surface area contributed by atoms with Gasteiger partial charge in [0.2, 0.25) is 5.91 Å². The molecule has 0 unspecified atom stereocenters. The second-order valence-electron chi connectivity index (χ2n) is 7.94. The molecule has 35 heavy (non-hydrogen) atoms. The lowest BCUT2D eigenvalue weighted by molar-refractivity contribution is -0.166. The molecule has 0 saturated carbocycles. The highest BCUT2D eigenvalue weighted by atomic mass is 35.5. The van der Waals surface area contributed by atoms with Crippen LogP contribution in [0, 0.1) is 0 Å². The molecule has 1 aliphatic heterocycles. The molecule has 1 fully saturated rings. The smallest absolute Gasteiger partial charge is 0.282 e. The number of hydrogen-bond donors (Lipinski definition) is 1. The average molecular weight is 502 g/mol. The number of aromatic nitrogens is 5. The minimum absolute atomic E-state index is 0.223. The maximum atomic E-state index is 13.2. The van der Waals surface area contributed by atoms with Crippen LogP contribution in [0.25, 0.3) is 16.9 Å². The molecular formula is C22H18ClF2N7O3. The quantitative estimate of drug-likeness (QED) is 0.435. The summed E-state index contributed by atoms with van der Waals surface area (Å²) in [6.45, 7) is -1.55. The van der Waals surface area contributed by atoms with E-state index in [4.69, 9.17) is 16.3 Å². The monoisotopic (exact) mass is 501 g/mol. The molecule has 4 aromatic rings. The number of methoxy groups -OCH3 is 1. The first kappa shape index (κ1) is 22.7. The summed E-state index contributed by atoms with van der Waals surface area (Å²) in [6.07, 6.45) is 6.03. The minimum atomic E-state index is -2.87. The molecule has 0 atom stereocenters. The van der Waals surface area contributed by atoms with Crippen LogP contribution >= 0.6 is 11.6 Å². The summed E-state index contributed by atoms with van der Waals surface area (Å²) in [5, 5.41) is 11.7. The summed E-state index contributed by atoms with van der Waals surface area (Å²) in [4.78, 5) is 30.8. The predicted octanol–water partition coefficient (Wildman–Crippen LogP) is 2.98. The lowest BCUT2D eigenvalue weighted by Crippen LogP contribution is -2.59. The van der Waals surface area contributed by atoms with Gasteiger partial charge in [0.05, 0.1) is 32.1 Å². The van der Waals surface area contributed by atoms with Crippen molar-refractivity contribution in [3.8, 4) is 17.0 Å². The molecule has 13 heteroatoms. The van der Waals surface area contributed by atoms with Gasteiger partial charge in [0, 0.05) is 29.2 Å². The number of carbonyl (C=O) groups is 2. The van der Waals surface area contributed by atoms with Crippen LogP contribution in [0.3, 0.4) is 0 Å². The van der Waals surface area contributed by atoms with E-state index in [1.54, 1.807) is 36.7 Å². The predicted molar refractivity (Wildman–Crippen MR) is 122 cm³/mol. The molecule has 1 saturated heterocycles. The molecule has 2 amide bonds. The number of hydrogen-bond acceptors (Lipinski definition) is 6. The van der Waals surface area contributed by atoms with Crippen molar-refractivity contribution in [3.63, 3.8) is 0 Å². The number of fused-ring (bicyclic) bond motifs is 1. The van der Waals surface area contributed by atoms with Gasteiger partial charge in [-0.3, -0.25) is 14.3 Å². The Labute approximate surface area is 202 Å². The number of ether oxygens (including phenoxy) is 1. The van der Waals surface area contributed by atoms with Crippen molar-refractivity contribution >= 4 is 34.7 Å². The molecule has 0 aliphatic carbocycles. The molecule has 3 aromatic heterocycles. The topological polar surface area (TPSA) is 107 Å². The van der Waals surface area contributed by atoms with Crippen LogP contribution in [0.2, 0.25) is 5.02 Å². The molecule has 1 aromatic carbocycles. The Kier molecular flexibility index (Phi) is 5.59. The van der Waals surface area contributed by atoms with Gasteiger partial charge in [0.25, 0.3) is 11.8 Å². The Morgan fingerprint density at radius 3 is 2.83 bits per heavy atom. The van der Waals surface area contributed by atoms with Crippen molar-refractivity contribution in [2.75, 3.05) is 25.5 Å². The van der Waals surface area contributed by atoms with Gasteiger partial charge in [0.1, 0.15) is 23.6 Å². The first-order valence-electron chi connectivity index (χ1n) is 10.4. The maximum Gasteiger partial charge on any atom is 0.282 e. The zero-order chi connectivity index (χ0) is 24.7. The van der Waals surface area contributed by atoms with Gasteiger partial charge >= 0.3 is 0 Å². The van der Waals surface area contributed by atoms with E-state index in [9.17, 15) is 18.4 Å². The second kappa shape index (κ2) is 8.62. The second-order valence-corrected chi connectivity index (χ2v) is 8.38. The average Bonchev–Trinajstić information content (AvgIpc) is 3.41. The molecule has 4 heterocycles. The summed E-state index contributed by atoms with van der Waals surface area (Å²) in [5.41, 5.74) is 1.58. The van der Waals surface area contributed by atoms with Crippen LogP contribution in [-0.4, -0.2) is 67.2 Å². The first-order chi connectivity index (χ1) is 16.7. The first-order valence-corrected chi connectivity index (χ1v) is 10.8. The van der Waals surface area contributed by atoms with Gasteiger partial charge < -0.3 is 15.0 Å². The van der Waals surface area contributed by atoms with Gasteiger partial charge in [-0.15, -0.1) is 0 Å². The number of halogens is 3. The molecule has 1 aliphatic rings. The Morgan fingerprint density at radius 1 is 1.29 bits per heavy atom. The molecular weight excluding hydrogens is 484 g/mol. The van der Waals surface area contributed by atoms with Crippen LogP contribution in [0.4, 0.5) is 14.5 Å². The summed E-state index contributed by atoms with van der Waals surface area (Å²) in [5.74, 6) is -3.47. The van der Waals surface area contributed by atoms with Crippen LogP contribution in [0.1, 0.15) is 10.4 Å².